The van der Waals surface area contributed by atoms with E-state index in [1.54, 1.807) is 0 Å². The number of nitrogens with one attached hydrogen (secondary N) is 1. The molecule has 1 N–H and O–H groups in total. The molecule has 1 amide bonds. The molecule has 1 atom stereocenters. The minimum Gasteiger partial charge on any atom is -0.351 e. The molecule has 1 rings (SSSR count). The lowest BCUT2D eigenvalue weighted by molar-refractivity contribution is 0.0956. The van der Waals surface area contributed by atoms with E-state index in [1.807, 2.05) is 6.92 Å². The van der Waals surface area contributed by atoms with Crippen LogP contribution in [0.1, 0.15) is 42.1 Å². The highest BCUT2D eigenvalue weighted by Crippen LogP contribution is 2.12. The van der Waals surface area contributed by atoms with Crippen LogP contribution in [0.15, 0.2) is 0 Å². The monoisotopic (exact) mass is 261 g/mol. The van der Waals surface area contributed by atoms with Crippen LogP contribution >= 0.6 is 23.1 Å². The molecule has 0 fully saturated rings. The fraction of sp³-hybridized carbons (Fsp3) is 0.700. The molecule has 16 heavy (non-hydrogen) atoms. The molecule has 1 aromatic heterocycles. The van der Waals surface area contributed by atoms with Gasteiger partial charge in [-0.05, 0) is 31.3 Å². The molecule has 0 saturated heterocycles. The molecule has 6 heteroatoms. The van der Waals surface area contributed by atoms with Gasteiger partial charge in [0.25, 0.3) is 5.91 Å². The number of rotatable bonds is 6. The van der Waals surface area contributed by atoms with Crippen molar-refractivity contribution in [2.45, 2.75) is 38.5 Å². The zero-order chi connectivity index (χ0) is 12.0. The highest BCUT2D eigenvalue weighted by molar-refractivity contribution is 7.08. The lowest BCUT2D eigenvalue weighted by Crippen LogP contribution is -2.25. The Morgan fingerprint density at radius 3 is 3.00 bits per heavy atom. The van der Waals surface area contributed by atoms with Crippen LogP contribution in [0.4, 0.5) is 0 Å². The summed E-state index contributed by atoms with van der Waals surface area (Å²) in [4.78, 5) is 12.4. The van der Waals surface area contributed by atoms with Crippen molar-refractivity contribution in [3.63, 3.8) is 0 Å². The van der Waals surface area contributed by atoms with Crippen LogP contribution in [0.25, 0.3) is 0 Å². The van der Waals surface area contributed by atoms with E-state index in [-0.39, 0.29) is 11.3 Å². The summed E-state index contributed by atoms with van der Waals surface area (Å²) >= 11 is 6.94. The van der Waals surface area contributed by atoms with E-state index in [4.69, 9.17) is 11.6 Å². The zero-order valence-electron chi connectivity index (χ0n) is 9.49. The summed E-state index contributed by atoms with van der Waals surface area (Å²) in [5.41, 5.74) is 0.795. The summed E-state index contributed by atoms with van der Waals surface area (Å²) in [6.07, 6.45) is 2.53. The molecule has 1 unspecified atom stereocenters. The van der Waals surface area contributed by atoms with E-state index in [0.717, 1.165) is 36.5 Å². The Morgan fingerprint density at radius 1 is 1.62 bits per heavy atom. The molecule has 0 aliphatic carbocycles. The Balaban J connectivity index is 2.49. The van der Waals surface area contributed by atoms with Crippen molar-refractivity contribution >= 4 is 29.0 Å². The summed E-state index contributed by atoms with van der Waals surface area (Å²) < 4.78 is 3.81. The van der Waals surface area contributed by atoms with Crippen molar-refractivity contribution in [3.05, 3.63) is 10.6 Å². The maximum absolute atomic E-state index is 11.8. The third-order valence-corrected chi connectivity index (χ3v) is 3.06. The summed E-state index contributed by atoms with van der Waals surface area (Å²) in [5.74, 6) is -0.0873. The predicted molar refractivity (Wildman–Crippen MR) is 66.2 cm³/mol. The van der Waals surface area contributed by atoms with Gasteiger partial charge < -0.3 is 5.32 Å². The first-order chi connectivity index (χ1) is 7.65. The fourth-order valence-electron chi connectivity index (χ4n) is 1.25. The number of carbonyl (C=O) groups is 1. The van der Waals surface area contributed by atoms with Crippen LogP contribution in [0.2, 0.25) is 0 Å². The van der Waals surface area contributed by atoms with Gasteiger partial charge in [0.2, 0.25) is 0 Å². The molecular formula is C10H16ClN3OS. The van der Waals surface area contributed by atoms with E-state index in [0.29, 0.717) is 11.4 Å². The second-order valence-electron chi connectivity index (χ2n) is 3.62. The zero-order valence-corrected chi connectivity index (χ0v) is 11.1. The second kappa shape index (κ2) is 6.81. The van der Waals surface area contributed by atoms with Crippen LogP contribution in [-0.4, -0.2) is 27.4 Å². The Bertz CT molecular complexity index is 341. The molecule has 0 aromatic carbocycles. The van der Waals surface area contributed by atoms with E-state index in [2.05, 4.69) is 21.8 Å². The van der Waals surface area contributed by atoms with Crippen LogP contribution in [0.3, 0.4) is 0 Å². The first-order valence-corrected chi connectivity index (χ1v) is 6.59. The number of carbonyl (C=O) groups excluding carboxylic acids is 1. The van der Waals surface area contributed by atoms with Gasteiger partial charge >= 0.3 is 0 Å². The number of nitrogens with zero attached hydrogens (tertiary/aromatic N) is 2. The maximum Gasteiger partial charge on any atom is 0.264 e. The first-order valence-electron chi connectivity index (χ1n) is 5.38. The van der Waals surface area contributed by atoms with Gasteiger partial charge in [-0.1, -0.05) is 17.8 Å². The lowest BCUT2D eigenvalue weighted by atomic mass is 10.2. The Kier molecular flexibility index (Phi) is 5.69. The van der Waals surface area contributed by atoms with Gasteiger partial charge in [-0.2, -0.15) is 0 Å². The van der Waals surface area contributed by atoms with Crippen LogP contribution < -0.4 is 5.32 Å². The third kappa shape index (κ3) is 4.06. The summed E-state index contributed by atoms with van der Waals surface area (Å²) in [7, 11) is 0. The molecule has 0 aliphatic heterocycles. The van der Waals surface area contributed by atoms with Crippen molar-refractivity contribution in [2.24, 2.45) is 0 Å². The molecule has 1 heterocycles. The van der Waals surface area contributed by atoms with Crippen LogP contribution in [0, 0.1) is 0 Å². The SMILES string of the molecule is CCCc1nnsc1C(=O)NCCC(C)Cl. The standard InChI is InChI=1S/C10H16ClN3OS/c1-3-4-8-9(16-14-13-8)10(15)12-6-5-7(2)11/h7H,3-6H2,1-2H3,(H,12,15). The largest absolute Gasteiger partial charge is 0.351 e. The van der Waals surface area contributed by atoms with Crippen LogP contribution in [-0.2, 0) is 6.42 Å². The van der Waals surface area contributed by atoms with Crippen molar-refractivity contribution in [1.82, 2.24) is 14.9 Å². The summed E-state index contributed by atoms with van der Waals surface area (Å²) in [6.45, 7) is 4.55. The molecule has 0 saturated carbocycles. The topological polar surface area (TPSA) is 54.9 Å². The molecule has 0 bridgehead atoms. The van der Waals surface area contributed by atoms with Gasteiger partial charge in [0.1, 0.15) is 4.88 Å². The van der Waals surface area contributed by atoms with Gasteiger partial charge in [0.05, 0.1) is 5.69 Å². The Labute approximate surface area is 105 Å². The van der Waals surface area contributed by atoms with Crippen molar-refractivity contribution in [1.29, 1.82) is 0 Å². The van der Waals surface area contributed by atoms with E-state index >= 15 is 0 Å². The smallest absolute Gasteiger partial charge is 0.264 e. The van der Waals surface area contributed by atoms with Crippen molar-refractivity contribution < 1.29 is 4.79 Å². The molecule has 0 radical (unpaired) electrons. The summed E-state index contributed by atoms with van der Waals surface area (Å²) in [6, 6.07) is 0. The normalized spacial score (nSPS) is 12.4. The highest BCUT2D eigenvalue weighted by Gasteiger charge is 2.14. The Hall–Kier alpha value is -0.680. The average molecular weight is 262 g/mol. The third-order valence-electron chi connectivity index (χ3n) is 2.08. The van der Waals surface area contributed by atoms with Crippen molar-refractivity contribution in [2.75, 3.05) is 6.54 Å². The van der Waals surface area contributed by atoms with Gasteiger partial charge in [0.15, 0.2) is 0 Å². The minimum absolute atomic E-state index is 0.0787. The number of aromatic nitrogens is 2. The average Bonchev–Trinajstić information content (AvgIpc) is 2.66. The van der Waals surface area contributed by atoms with Gasteiger partial charge in [-0.15, -0.1) is 16.7 Å². The molecule has 90 valence electrons. The maximum atomic E-state index is 11.8. The second-order valence-corrected chi connectivity index (χ2v) is 5.12. The Morgan fingerprint density at radius 2 is 2.38 bits per heavy atom. The number of aryl methyl sites for hydroxylation is 1. The number of halogens is 1. The molecule has 0 spiro atoms. The number of hydrogen-bond acceptors (Lipinski definition) is 4. The fourth-order valence-corrected chi connectivity index (χ4v) is 1.98. The number of hydrogen-bond donors (Lipinski definition) is 1. The van der Waals surface area contributed by atoms with E-state index in [9.17, 15) is 4.79 Å². The van der Waals surface area contributed by atoms with Crippen molar-refractivity contribution in [3.8, 4) is 0 Å². The number of alkyl halides is 1. The summed E-state index contributed by atoms with van der Waals surface area (Å²) in [5, 5.41) is 6.85. The van der Waals surface area contributed by atoms with E-state index < -0.39 is 0 Å². The van der Waals surface area contributed by atoms with Gasteiger partial charge in [-0.3, -0.25) is 4.79 Å². The molecule has 4 nitrogen and oxygen atoms in total. The highest BCUT2D eigenvalue weighted by atomic mass is 35.5. The van der Waals surface area contributed by atoms with Gasteiger partial charge in [-0.25, -0.2) is 0 Å². The first kappa shape index (κ1) is 13.4. The number of amides is 1. The lowest BCUT2D eigenvalue weighted by Gasteiger charge is -2.05. The van der Waals surface area contributed by atoms with E-state index in [1.165, 1.54) is 0 Å². The van der Waals surface area contributed by atoms with Gasteiger partial charge in [0, 0.05) is 11.9 Å². The predicted octanol–water partition coefficient (Wildman–Crippen LogP) is 2.24. The molecule has 1 aromatic rings. The quantitative estimate of drug-likeness (QED) is 0.799. The minimum atomic E-state index is -0.0873. The molecular weight excluding hydrogens is 246 g/mol. The molecule has 0 aliphatic rings. The van der Waals surface area contributed by atoms with Crippen LogP contribution in [0.5, 0.6) is 0 Å².